The van der Waals surface area contributed by atoms with Gasteiger partial charge in [-0.3, -0.25) is 0 Å². The van der Waals surface area contributed by atoms with Gasteiger partial charge in [-0.1, -0.05) is 0 Å². The first-order chi connectivity index (χ1) is 6.15. The summed E-state index contributed by atoms with van der Waals surface area (Å²) in [5, 5.41) is 0. The zero-order chi connectivity index (χ0) is 9.84. The molecule has 0 aromatic carbocycles. The molecule has 0 spiro atoms. The molecule has 0 atom stereocenters. The molecule has 1 aliphatic rings. The van der Waals surface area contributed by atoms with E-state index in [1.807, 2.05) is 0 Å². The van der Waals surface area contributed by atoms with Crippen LogP contribution in [0.25, 0.3) is 0 Å². The maximum atomic E-state index is 11.2. The topological polar surface area (TPSA) is 90.7 Å². The number of hydrogen-bond donors (Lipinski definition) is 2. The van der Waals surface area contributed by atoms with Gasteiger partial charge in [-0.05, 0) is 13.3 Å². The molecule has 4 N–H and O–H groups in total. The van der Waals surface area contributed by atoms with Crippen molar-refractivity contribution < 1.29 is 9.53 Å². The van der Waals surface area contributed by atoms with Gasteiger partial charge in [0, 0.05) is 6.42 Å². The van der Waals surface area contributed by atoms with Gasteiger partial charge in [0.05, 0.1) is 12.2 Å². The van der Waals surface area contributed by atoms with E-state index < -0.39 is 5.97 Å². The number of amidine groups is 1. The molecule has 13 heavy (non-hydrogen) atoms. The third kappa shape index (κ3) is 2.21. The van der Waals surface area contributed by atoms with Crippen molar-refractivity contribution in [3.8, 4) is 0 Å². The van der Waals surface area contributed by atoms with Gasteiger partial charge in [-0.2, -0.15) is 0 Å². The van der Waals surface area contributed by atoms with Crippen molar-refractivity contribution in [1.29, 1.82) is 0 Å². The summed E-state index contributed by atoms with van der Waals surface area (Å²) in [6, 6.07) is 0. The minimum absolute atomic E-state index is 0.183. The molecule has 0 unspecified atom stereocenters. The van der Waals surface area contributed by atoms with E-state index >= 15 is 0 Å². The van der Waals surface area contributed by atoms with E-state index in [0.717, 1.165) is 0 Å². The third-order valence-corrected chi connectivity index (χ3v) is 1.73. The molecule has 0 amide bonds. The lowest BCUT2D eigenvalue weighted by atomic mass is 10.1. The van der Waals surface area contributed by atoms with E-state index in [0.29, 0.717) is 30.9 Å². The van der Waals surface area contributed by atoms with Gasteiger partial charge < -0.3 is 16.2 Å². The fourth-order valence-electron chi connectivity index (χ4n) is 1.08. The molecular formula is C8H13N3O2. The average Bonchev–Trinajstić information content (AvgIpc) is 2.04. The summed E-state index contributed by atoms with van der Waals surface area (Å²) in [4.78, 5) is 15.1. The van der Waals surface area contributed by atoms with Crippen molar-refractivity contribution in [1.82, 2.24) is 0 Å². The molecule has 0 bridgehead atoms. The highest BCUT2D eigenvalue weighted by atomic mass is 16.5. The Kier molecular flexibility index (Phi) is 2.89. The van der Waals surface area contributed by atoms with Crippen LogP contribution >= 0.6 is 0 Å². The Morgan fingerprint density at radius 3 is 2.77 bits per heavy atom. The molecule has 0 saturated carbocycles. The third-order valence-electron chi connectivity index (χ3n) is 1.73. The Bertz CT molecular complexity index is 281. The molecule has 0 fully saturated rings. The summed E-state index contributed by atoms with van der Waals surface area (Å²) < 4.78 is 4.80. The van der Waals surface area contributed by atoms with Gasteiger partial charge in [0.25, 0.3) is 0 Å². The highest BCUT2D eigenvalue weighted by Gasteiger charge is 2.18. The standard InChI is InChI=1S/C8H13N3O2/c1-2-13-8(12)5-3-4-6(9)11-7(5)10/h2-4,10H2,1H3,(H2,9,11). The molecule has 0 aromatic rings. The lowest BCUT2D eigenvalue weighted by Crippen LogP contribution is -2.23. The first-order valence-electron chi connectivity index (χ1n) is 4.14. The second kappa shape index (κ2) is 3.93. The number of nitrogens with zero attached hydrogens (tertiary/aromatic N) is 1. The molecule has 0 aliphatic carbocycles. The minimum Gasteiger partial charge on any atom is -0.463 e. The molecule has 5 nitrogen and oxygen atoms in total. The van der Waals surface area contributed by atoms with Gasteiger partial charge in [-0.15, -0.1) is 0 Å². The average molecular weight is 183 g/mol. The van der Waals surface area contributed by atoms with Crippen LogP contribution in [0.1, 0.15) is 19.8 Å². The first-order valence-corrected chi connectivity index (χ1v) is 4.14. The summed E-state index contributed by atoms with van der Waals surface area (Å²) in [5.41, 5.74) is 11.4. The maximum Gasteiger partial charge on any atom is 0.337 e. The Hall–Kier alpha value is -1.52. The summed E-state index contributed by atoms with van der Waals surface area (Å²) in [6.07, 6.45) is 1.08. The number of rotatable bonds is 2. The van der Waals surface area contributed by atoms with Crippen molar-refractivity contribution in [3.05, 3.63) is 11.4 Å². The van der Waals surface area contributed by atoms with Gasteiger partial charge in [0.1, 0.15) is 11.7 Å². The second-order valence-electron chi connectivity index (χ2n) is 2.69. The molecular weight excluding hydrogens is 170 g/mol. The highest BCUT2D eigenvalue weighted by molar-refractivity contribution is 5.93. The Balaban J connectivity index is 2.79. The molecule has 5 heteroatoms. The lowest BCUT2D eigenvalue weighted by molar-refractivity contribution is -0.138. The van der Waals surface area contributed by atoms with E-state index in [9.17, 15) is 4.79 Å². The van der Waals surface area contributed by atoms with Gasteiger partial charge in [0.2, 0.25) is 0 Å². The fourth-order valence-corrected chi connectivity index (χ4v) is 1.08. The highest BCUT2D eigenvalue weighted by Crippen LogP contribution is 2.15. The van der Waals surface area contributed by atoms with E-state index in [2.05, 4.69) is 4.99 Å². The summed E-state index contributed by atoms with van der Waals surface area (Å²) in [6.45, 7) is 2.09. The van der Waals surface area contributed by atoms with Crippen LogP contribution < -0.4 is 11.5 Å². The van der Waals surface area contributed by atoms with Crippen LogP contribution in [0, 0.1) is 0 Å². The van der Waals surface area contributed by atoms with Crippen molar-refractivity contribution >= 4 is 11.8 Å². The number of nitrogens with two attached hydrogens (primary N) is 2. The van der Waals surface area contributed by atoms with Crippen LogP contribution in [0.5, 0.6) is 0 Å². The largest absolute Gasteiger partial charge is 0.463 e. The van der Waals surface area contributed by atoms with Crippen LogP contribution in [0.4, 0.5) is 0 Å². The number of carbonyl (C=O) groups excluding carboxylic acids is 1. The maximum absolute atomic E-state index is 11.2. The van der Waals surface area contributed by atoms with Crippen molar-refractivity contribution in [2.24, 2.45) is 16.5 Å². The van der Waals surface area contributed by atoms with Crippen LogP contribution in [0.3, 0.4) is 0 Å². The second-order valence-corrected chi connectivity index (χ2v) is 2.69. The summed E-state index contributed by atoms with van der Waals surface area (Å²) in [7, 11) is 0. The monoisotopic (exact) mass is 183 g/mol. The van der Waals surface area contributed by atoms with Crippen LogP contribution in [0.15, 0.2) is 16.4 Å². The molecule has 0 radical (unpaired) electrons. The van der Waals surface area contributed by atoms with Crippen LogP contribution in [-0.2, 0) is 9.53 Å². The molecule has 1 rings (SSSR count). The number of aliphatic imine (C=N–C) groups is 1. The van der Waals surface area contributed by atoms with Crippen molar-refractivity contribution in [3.63, 3.8) is 0 Å². The van der Waals surface area contributed by atoms with Gasteiger partial charge in [-0.25, -0.2) is 9.79 Å². The predicted octanol–water partition coefficient (Wildman–Crippen LogP) is -0.129. The molecule has 1 aliphatic heterocycles. The smallest absolute Gasteiger partial charge is 0.337 e. The zero-order valence-corrected chi connectivity index (χ0v) is 7.54. The number of esters is 1. The minimum atomic E-state index is -0.392. The molecule has 0 saturated heterocycles. The zero-order valence-electron chi connectivity index (χ0n) is 7.54. The summed E-state index contributed by atoms with van der Waals surface area (Å²) >= 11 is 0. The van der Waals surface area contributed by atoms with Gasteiger partial charge >= 0.3 is 5.97 Å². The number of ether oxygens (including phenoxy) is 1. The molecule has 72 valence electrons. The van der Waals surface area contributed by atoms with E-state index in [-0.39, 0.29) is 5.82 Å². The summed E-state index contributed by atoms with van der Waals surface area (Å²) in [5.74, 6) is 0.254. The quantitative estimate of drug-likeness (QED) is 0.583. The fraction of sp³-hybridized carbons (Fsp3) is 0.500. The number of carbonyl (C=O) groups is 1. The van der Waals surface area contributed by atoms with Crippen LogP contribution in [-0.4, -0.2) is 18.4 Å². The van der Waals surface area contributed by atoms with E-state index in [4.69, 9.17) is 16.2 Å². The Labute approximate surface area is 76.4 Å². The Morgan fingerprint density at radius 2 is 2.23 bits per heavy atom. The lowest BCUT2D eigenvalue weighted by Gasteiger charge is -2.12. The van der Waals surface area contributed by atoms with Gasteiger partial charge in [0.15, 0.2) is 0 Å². The van der Waals surface area contributed by atoms with E-state index in [1.54, 1.807) is 6.92 Å². The molecule has 0 aromatic heterocycles. The van der Waals surface area contributed by atoms with Crippen molar-refractivity contribution in [2.45, 2.75) is 19.8 Å². The van der Waals surface area contributed by atoms with Crippen molar-refractivity contribution in [2.75, 3.05) is 6.61 Å². The first kappa shape index (κ1) is 9.57. The number of hydrogen-bond acceptors (Lipinski definition) is 5. The predicted molar refractivity (Wildman–Crippen MR) is 48.7 cm³/mol. The SMILES string of the molecule is CCOC(=O)C1=C(N)N=C(N)CC1. The normalized spacial score (nSPS) is 16.8. The van der Waals surface area contributed by atoms with Crippen LogP contribution in [0.2, 0.25) is 0 Å². The van der Waals surface area contributed by atoms with E-state index in [1.165, 1.54) is 0 Å². The Morgan fingerprint density at radius 1 is 1.54 bits per heavy atom. The molecule has 1 heterocycles.